The van der Waals surface area contributed by atoms with E-state index >= 15 is 0 Å². The second kappa shape index (κ2) is 5.69. The zero-order valence-electron chi connectivity index (χ0n) is 10.7. The van der Waals surface area contributed by atoms with Gasteiger partial charge in [0, 0.05) is 0 Å². The number of hydrogen-bond donors (Lipinski definition) is 2. The van der Waals surface area contributed by atoms with Crippen LogP contribution in [0.3, 0.4) is 0 Å². The molecule has 0 saturated carbocycles. The fourth-order valence-electron chi connectivity index (χ4n) is 1.53. The Morgan fingerprint density at radius 1 is 1.14 bits per heavy atom. The summed E-state index contributed by atoms with van der Waals surface area (Å²) in [5.74, 6) is 0. The Morgan fingerprint density at radius 2 is 1.81 bits per heavy atom. The van der Waals surface area contributed by atoms with Crippen LogP contribution in [0.25, 0.3) is 0 Å². The molecule has 0 fully saturated rings. The average Bonchev–Trinajstić information content (AvgIpc) is 2.78. The van der Waals surface area contributed by atoms with Gasteiger partial charge in [-0.3, -0.25) is 4.72 Å². The van der Waals surface area contributed by atoms with Crippen molar-refractivity contribution >= 4 is 53.0 Å². The third-order valence-electron chi connectivity index (χ3n) is 2.60. The van der Waals surface area contributed by atoms with Crippen LogP contribution in [0.4, 0.5) is 5.69 Å². The molecule has 0 amide bonds. The van der Waals surface area contributed by atoms with Gasteiger partial charge in [-0.05, 0) is 52.7 Å². The first-order valence-corrected chi connectivity index (χ1v) is 10.1. The summed E-state index contributed by atoms with van der Waals surface area (Å²) in [6, 6.07) is 7.08. The van der Waals surface area contributed by atoms with Gasteiger partial charge in [0.1, 0.15) is 4.21 Å². The highest BCUT2D eigenvalue weighted by atomic mass is 79.9. The number of primary sulfonamides is 1. The van der Waals surface area contributed by atoms with Crippen LogP contribution < -0.4 is 9.86 Å². The average molecular weight is 411 g/mol. The van der Waals surface area contributed by atoms with Crippen LogP contribution in [0.5, 0.6) is 0 Å². The summed E-state index contributed by atoms with van der Waals surface area (Å²) in [7, 11) is -7.67. The van der Waals surface area contributed by atoms with Crippen molar-refractivity contribution in [2.75, 3.05) is 4.72 Å². The lowest BCUT2D eigenvalue weighted by Gasteiger charge is -2.10. The van der Waals surface area contributed by atoms with Crippen LogP contribution >= 0.6 is 27.3 Å². The summed E-state index contributed by atoms with van der Waals surface area (Å²) in [4.78, 5) is -0.154. The van der Waals surface area contributed by atoms with E-state index in [4.69, 9.17) is 5.14 Å². The number of nitrogens with two attached hydrogens (primary N) is 1. The van der Waals surface area contributed by atoms with Gasteiger partial charge in [-0.15, -0.1) is 11.3 Å². The van der Waals surface area contributed by atoms with E-state index in [-0.39, 0.29) is 14.8 Å². The second-order valence-electron chi connectivity index (χ2n) is 4.19. The quantitative estimate of drug-likeness (QED) is 0.805. The van der Waals surface area contributed by atoms with Crippen molar-refractivity contribution in [1.82, 2.24) is 0 Å². The van der Waals surface area contributed by atoms with Gasteiger partial charge in [0.15, 0.2) is 0 Å². The van der Waals surface area contributed by atoms with Gasteiger partial charge in [0.2, 0.25) is 10.0 Å². The molecule has 0 radical (unpaired) electrons. The van der Waals surface area contributed by atoms with E-state index in [0.717, 1.165) is 11.3 Å². The maximum Gasteiger partial charge on any atom is 0.271 e. The lowest BCUT2D eigenvalue weighted by molar-refractivity contribution is 0.596. The molecule has 0 unspecified atom stereocenters. The van der Waals surface area contributed by atoms with Crippen molar-refractivity contribution in [2.24, 2.45) is 5.14 Å². The lowest BCUT2D eigenvalue weighted by Crippen LogP contribution is -2.15. The van der Waals surface area contributed by atoms with Crippen molar-refractivity contribution in [3.05, 3.63) is 39.7 Å². The molecule has 0 spiro atoms. The summed E-state index contributed by atoms with van der Waals surface area (Å²) in [5.41, 5.74) is 0.757. The summed E-state index contributed by atoms with van der Waals surface area (Å²) in [5, 5.41) is 5.04. The molecule has 0 atom stereocenters. The van der Waals surface area contributed by atoms with Crippen LogP contribution in [0.2, 0.25) is 0 Å². The van der Waals surface area contributed by atoms with Gasteiger partial charge in [0.05, 0.1) is 14.4 Å². The predicted octanol–water partition coefficient (Wildman–Crippen LogP) is 2.27. The number of hydrogen-bond acceptors (Lipinski definition) is 5. The molecule has 0 bridgehead atoms. The minimum Gasteiger partial charge on any atom is -0.279 e. The minimum atomic E-state index is -3.90. The van der Waals surface area contributed by atoms with Crippen LogP contribution in [0, 0.1) is 6.92 Å². The van der Waals surface area contributed by atoms with E-state index in [0.29, 0.717) is 9.35 Å². The molecule has 2 aromatic rings. The van der Waals surface area contributed by atoms with E-state index in [1.54, 1.807) is 13.0 Å². The van der Waals surface area contributed by atoms with Gasteiger partial charge < -0.3 is 0 Å². The zero-order valence-corrected chi connectivity index (χ0v) is 14.7. The van der Waals surface area contributed by atoms with Crippen LogP contribution in [-0.2, 0) is 20.0 Å². The Bertz CT molecular complexity index is 888. The van der Waals surface area contributed by atoms with E-state index < -0.39 is 20.0 Å². The number of aryl methyl sites for hydroxylation is 1. The Hall–Kier alpha value is -0.940. The van der Waals surface area contributed by atoms with E-state index in [1.807, 2.05) is 0 Å². The molecule has 0 aliphatic rings. The molecule has 0 saturated heterocycles. The Kier molecular flexibility index (Phi) is 4.45. The normalized spacial score (nSPS) is 12.3. The molecule has 1 aromatic heterocycles. The van der Waals surface area contributed by atoms with Crippen LogP contribution in [-0.4, -0.2) is 16.8 Å². The first-order chi connectivity index (χ1) is 9.59. The highest BCUT2D eigenvalue weighted by Crippen LogP contribution is 2.29. The Morgan fingerprint density at radius 3 is 2.33 bits per heavy atom. The number of sulfonamides is 2. The molecular formula is C11H11BrN2O4S3. The summed E-state index contributed by atoms with van der Waals surface area (Å²) in [6.45, 7) is 1.66. The second-order valence-corrected chi connectivity index (χ2v) is 10.1. The first-order valence-electron chi connectivity index (χ1n) is 5.51. The molecule has 0 aliphatic carbocycles. The van der Waals surface area contributed by atoms with Crippen LogP contribution in [0.15, 0.2) is 43.2 Å². The maximum absolute atomic E-state index is 12.2. The molecule has 10 heteroatoms. The molecule has 3 N–H and O–H groups in total. The van der Waals surface area contributed by atoms with Crippen molar-refractivity contribution < 1.29 is 16.8 Å². The van der Waals surface area contributed by atoms with Crippen molar-refractivity contribution in [3.8, 4) is 0 Å². The number of thiophene rings is 1. The monoisotopic (exact) mass is 410 g/mol. The number of rotatable bonds is 4. The van der Waals surface area contributed by atoms with E-state index in [2.05, 4.69) is 20.7 Å². The maximum atomic E-state index is 12.2. The third kappa shape index (κ3) is 3.83. The fourth-order valence-corrected chi connectivity index (χ4v) is 5.20. The van der Waals surface area contributed by atoms with Crippen LogP contribution in [0.1, 0.15) is 5.56 Å². The van der Waals surface area contributed by atoms with Gasteiger partial charge in [-0.1, -0.05) is 6.07 Å². The molecule has 0 aliphatic heterocycles. The van der Waals surface area contributed by atoms with Crippen molar-refractivity contribution in [2.45, 2.75) is 16.0 Å². The zero-order chi connectivity index (χ0) is 15.8. The molecule has 6 nitrogen and oxygen atoms in total. The van der Waals surface area contributed by atoms with Gasteiger partial charge in [-0.25, -0.2) is 22.0 Å². The Labute approximate surface area is 135 Å². The topological polar surface area (TPSA) is 106 Å². The molecule has 1 heterocycles. The van der Waals surface area contributed by atoms with Gasteiger partial charge in [-0.2, -0.15) is 0 Å². The largest absolute Gasteiger partial charge is 0.279 e. The molecule has 1 aromatic carbocycles. The van der Waals surface area contributed by atoms with Crippen molar-refractivity contribution in [1.29, 1.82) is 0 Å². The molecular weight excluding hydrogens is 400 g/mol. The summed E-state index contributed by atoms with van der Waals surface area (Å²) >= 11 is 4.25. The number of anilines is 1. The van der Waals surface area contributed by atoms with Crippen molar-refractivity contribution in [3.63, 3.8) is 0 Å². The predicted molar refractivity (Wildman–Crippen MR) is 85.4 cm³/mol. The molecule has 2 rings (SSSR count). The third-order valence-corrected chi connectivity index (χ3v) is 6.99. The smallest absolute Gasteiger partial charge is 0.271 e. The number of halogens is 1. The van der Waals surface area contributed by atoms with E-state index in [9.17, 15) is 16.8 Å². The number of benzene rings is 1. The SMILES string of the molecule is Cc1ccc(S(N)(=O)=O)cc1NS(=O)(=O)c1ccc(Br)s1. The molecule has 21 heavy (non-hydrogen) atoms. The lowest BCUT2D eigenvalue weighted by atomic mass is 10.2. The van der Waals surface area contributed by atoms with Gasteiger partial charge in [0.25, 0.3) is 10.0 Å². The highest BCUT2D eigenvalue weighted by molar-refractivity contribution is 9.11. The number of nitrogens with one attached hydrogen (secondary N) is 1. The summed E-state index contributed by atoms with van der Waals surface area (Å²) < 4.78 is 50.3. The van der Waals surface area contributed by atoms with Gasteiger partial charge >= 0.3 is 0 Å². The highest BCUT2D eigenvalue weighted by Gasteiger charge is 2.19. The standard InChI is InChI=1S/C11H11BrN2O4S3/c1-7-2-3-8(20(13,15)16)6-9(7)14-21(17,18)11-5-4-10(12)19-11/h2-6,14H,1H3,(H2,13,15,16). The first kappa shape index (κ1) is 16.4. The summed E-state index contributed by atoms with van der Waals surface area (Å²) in [6.07, 6.45) is 0. The fraction of sp³-hybridized carbons (Fsp3) is 0.0909. The van der Waals surface area contributed by atoms with E-state index in [1.165, 1.54) is 24.3 Å². The minimum absolute atomic E-state index is 0.120. The molecule has 114 valence electrons. The Balaban J connectivity index is 2.44.